The first kappa shape index (κ1) is 17.1. The lowest BCUT2D eigenvalue weighted by molar-refractivity contribution is -0.118. The Bertz CT molecular complexity index is 610. The molecule has 1 aromatic carbocycles. The Morgan fingerprint density at radius 3 is 2.48 bits per heavy atom. The van der Waals surface area contributed by atoms with Crippen molar-refractivity contribution in [2.45, 2.75) is 38.6 Å². The minimum atomic E-state index is -0.261. The molecule has 0 aromatic heterocycles. The van der Waals surface area contributed by atoms with Crippen LogP contribution in [0.2, 0.25) is 0 Å². The molecule has 0 saturated heterocycles. The van der Waals surface area contributed by atoms with Gasteiger partial charge in [0.15, 0.2) is 0 Å². The number of nitriles is 1. The van der Waals surface area contributed by atoms with E-state index in [0.29, 0.717) is 5.92 Å². The Morgan fingerprint density at radius 1 is 1.26 bits per heavy atom. The van der Waals surface area contributed by atoms with Gasteiger partial charge in [0.25, 0.3) is 5.91 Å². The lowest BCUT2D eigenvalue weighted by atomic mass is 9.86. The molecule has 0 unspecified atom stereocenters. The van der Waals surface area contributed by atoms with E-state index in [9.17, 15) is 10.1 Å². The van der Waals surface area contributed by atoms with E-state index in [1.165, 1.54) is 6.42 Å². The van der Waals surface area contributed by atoms with Gasteiger partial charge in [-0.2, -0.15) is 5.26 Å². The summed E-state index contributed by atoms with van der Waals surface area (Å²) in [6.45, 7) is 2.17. The Kier molecular flexibility index (Phi) is 5.81. The molecule has 23 heavy (non-hydrogen) atoms. The molecule has 0 radical (unpaired) electrons. The molecule has 1 aliphatic rings. The molecule has 4 heteroatoms. The van der Waals surface area contributed by atoms with E-state index in [0.717, 1.165) is 30.5 Å². The van der Waals surface area contributed by atoms with Crippen LogP contribution in [0.5, 0.6) is 0 Å². The maximum atomic E-state index is 12.4. The van der Waals surface area contributed by atoms with E-state index in [1.54, 1.807) is 6.08 Å². The van der Waals surface area contributed by atoms with Gasteiger partial charge in [-0.3, -0.25) is 4.79 Å². The fourth-order valence-corrected chi connectivity index (χ4v) is 2.96. The molecule has 2 atom stereocenters. The fourth-order valence-electron chi connectivity index (χ4n) is 2.96. The maximum Gasteiger partial charge on any atom is 0.262 e. The van der Waals surface area contributed by atoms with Crippen molar-refractivity contribution in [3.63, 3.8) is 0 Å². The molecule has 0 heterocycles. The van der Waals surface area contributed by atoms with E-state index in [1.807, 2.05) is 49.3 Å². The van der Waals surface area contributed by atoms with Crippen LogP contribution >= 0.6 is 0 Å². The summed E-state index contributed by atoms with van der Waals surface area (Å²) in [5.41, 5.74) is 2.11. The van der Waals surface area contributed by atoms with Gasteiger partial charge >= 0.3 is 0 Å². The Labute approximate surface area is 138 Å². The molecule has 1 N–H and O–H groups in total. The first-order valence-corrected chi connectivity index (χ1v) is 8.21. The molecule has 4 nitrogen and oxygen atoms in total. The van der Waals surface area contributed by atoms with Crippen LogP contribution in [0.15, 0.2) is 29.8 Å². The van der Waals surface area contributed by atoms with E-state index < -0.39 is 0 Å². The molecule has 2 rings (SSSR count). The number of hydrogen-bond donors (Lipinski definition) is 1. The smallest absolute Gasteiger partial charge is 0.262 e. The van der Waals surface area contributed by atoms with Gasteiger partial charge in [0.2, 0.25) is 0 Å². The van der Waals surface area contributed by atoms with Crippen molar-refractivity contribution in [2.75, 3.05) is 19.0 Å². The Morgan fingerprint density at radius 2 is 1.91 bits per heavy atom. The van der Waals surface area contributed by atoms with Crippen molar-refractivity contribution in [2.24, 2.45) is 5.92 Å². The van der Waals surface area contributed by atoms with Gasteiger partial charge in [-0.15, -0.1) is 0 Å². The minimum Gasteiger partial charge on any atom is -0.378 e. The first-order chi connectivity index (χ1) is 11.0. The Balaban J connectivity index is 2.08. The third-order valence-electron chi connectivity index (χ3n) is 4.51. The van der Waals surface area contributed by atoms with Crippen LogP contribution in [0, 0.1) is 17.2 Å². The summed E-state index contributed by atoms with van der Waals surface area (Å²) in [5.74, 6) is 0.218. The number of hydrogen-bond acceptors (Lipinski definition) is 3. The summed E-state index contributed by atoms with van der Waals surface area (Å²) in [6, 6.07) is 10.0. The molecular formula is C19H25N3O. The summed E-state index contributed by atoms with van der Waals surface area (Å²) in [7, 11) is 3.95. The lowest BCUT2D eigenvalue weighted by Gasteiger charge is -2.29. The zero-order valence-electron chi connectivity index (χ0n) is 14.2. The highest BCUT2D eigenvalue weighted by molar-refractivity contribution is 6.01. The SMILES string of the molecule is C[C@@H]1CCCC[C@@H]1NC(=O)/C(C#N)=C\c1ccc(N(C)C)cc1. The number of nitrogens with zero attached hydrogens (tertiary/aromatic N) is 2. The number of amides is 1. The van der Waals surface area contributed by atoms with Crippen LogP contribution in [0.1, 0.15) is 38.2 Å². The van der Waals surface area contributed by atoms with Crippen LogP contribution in [0.4, 0.5) is 5.69 Å². The van der Waals surface area contributed by atoms with E-state index >= 15 is 0 Å². The topological polar surface area (TPSA) is 56.1 Å². The van der Waals surface area contributed by atoms with Crippen molar-refractivity contribution in [3.8, 4) is 6.07 Å². The van der Waals surface area contributed by atoms with E-state index in [-0.39, 0.29) is 17.5 Å². The van der Waals surface area contributed by atoms with Crippen LogP contribution < -0.4 is 10.2 Å². The zero-order valence-corrected chi connectivity index (χ0v) is 14.2. The number of nitrogens with one attached hydrogen (secondary N) is 1. The van der Waals surface area contributed by atoms with Gasteiger partial charge < -0.3 is 10.2 Å². The van der Waals surface area contributed by atoms with Crippen molar-refractivity contribution in [3.05, 3.63) is 35.4 Å². The molecule has 0 aliphatic heterocycles. The standard InChI is InChI=1S/C19H25N3O/c1-14-6-4-5-7-18(14)21-19(23)16(13-20)12-15-8-10-17(11-9-15)22(2)3/h8-12,14,18H,4-7H2,1-3H3,(H,21,23)/b16-12-/t14-,18+/m1/s1. The second kappa shape index (κ2) is 7.82. The number of carbonyl (C=O) groups is 1. The minimum absolute atomic E-state index is 0.167. The molecular weight excluding hydrogens is 286 g/mol. The van der Waals surface area contributed by atoms with Gasteiger partial charge in [-0.05, 0) is 42.5 Å². The number of benzene rings is 1. The zero-order chi connectivity index (χ0) is 16.8. The molecule has 1 aliphatic carbocycles. The van der Waals surface area contributed by atoms with Gasteiger partial charge in [0.1, 0.15) is 11.6 Å². The molecule has 0 bridgehead atoms. The fraction of sp³-hybridized carbons (Fsp3) is 0.474. The molecule has 0 spiro atoms. The predicted molar refractivity (Wildman–Crippen MR) is 93.9 cm³/mol. The predicted octanol–water partition coefficient (Wildman–Crippen LogP) is 3.35. The third-order valence-corrected chi connectivity index (χ3v) is 4.51. The highest BCUT2D eigenvalue weighted by Crippen LogP contribution is 2.24. The highest BCUT2D eigenvalue weighted by atomic mass is 16.1. The normalized spacial score (nSPS) is 21.4. The number of carbonyl (C=O) groups excluding carboxylic acids is 1. The number of rotatable bonds is 4. The molecule has 1 amide bonds. The van der Waals surface area contributed by atoms with Gasteiger partial charge in [-0.1, -0.05) is 31.9 Å². The summed E-state index contributed by atoms with van der Waals surface area (Å²) in [6.07, 6.45) is 6.17. The molecule has 1 aromatic rings. The summed E-state index contributed by atoms with van der Waals surface area (Å²) in [5, 5.41) is 12.3. The van der Waals surface area contributed by atoms with Crippen LogP contribution in [-0.4, -0.2) is 26.0 Å². The summed E-state index contributed by atoms with van der Waals surface area (Å²) < 4.78 is 0. The van der Waals surface area contributed by atoms with Crippen molar-refractivity contribution < 1.29 is 4.79 Å². The van der Waals surface area contributed by atoms with Gasteiger partial charge in [-0.25, -0.2) is 0 Å². The second-order valence-electron chi connectivity index (χ2n) is 6.50. The van der Waals surface area contributed by atoms with Gasteiger partial charge in [0, 0.05) is 25.8 Å². The van der Waals surface area contributed by atoms with Crippen LogP contribution in [0.3, 0.4) is 0 Å². The summed E-state index contributed by atoms with van der Waals surface area (Å²) in [4.78, 5) is 14.4. The van der Waals surface area contributed by atoms with Crippen LogP contribution in [-0.2, 0) is 4.79 Å². The average molecular weight is 311 g/mol. The van der Waals surface area contributed by atoms with Crippen LogP contribution in [0.25, 0.3) is 6.08 Å². The quantitative estimate of drug-likeness (QED) is 0.685. The molecule has 122 valence electrons. The van der Waals surface area contributed by atoms with Crippen molar-refractivity contribution in [1.29, 1.82) is 5.26 Å². The van der Waals surface area contributed by atoms with Crippen molar-refractivity contribution >= 4 is 17.7 Å². The number of anilines is 1. The monoisotopic (exact) mass is 311 g/mol. The maximum absolute atomic E-state index is 12.4. The molecule has 1 fully saturated rings. The van der Waals surface area contributed by atoms with Gasteiger partial charge in [0.05, 0.1) is 0 Å². The second-order valence-corrected chi connectivity index (χ2v) is 6.50. The highest BCUT2D eigenvalue weighted by Gasteiger charge is 2.23. The van der Waals surface area contributed by atoms with E-state index in [4.69, 9.17) is 0 Å². The lowest BCUT2D eigenvalue weighted by Crippen LogP contribution is -2.41. The summed E-state index contributed by atoms with van der Waals surface area (Å²) >= 11 is 0. The van der Waals surface area contributed by atoms with E-state index in [2.05, 4.69) is 12.2 Å². The van der Waals surface area contributed by atoms with Crippen molar-refractivity contribution in [1.82, 2.24) is 5.32 Å². The first-order valence-electron chi connectivity index (χ1n) is 8.21. The largest absolute Gasteiger partial charge is 0.378 e. The molecule has 1 saturated carbocycles. The Hall–Kier alpha value is -2.28. The third kappa shape index (κ3) is 4.59. The average Bonchev–Trinajstić information content (AvgIpc) is 2.55.